The van der Waals surface area contributed by atoms with Gasteiger partial charge in [0.25, 0.3) is 0 Å². The van der Waals surface area contributed by atoms with Crippen LogP contribution in [0, 0.1) is 11.8 Å². The van der Waals surface area contributed by atoms with Gasteiger partial charge in [-0.15, -0.1) is 0 Å². The maximum atomic E-state index is 11.7. The summed E-state index contributed by atoms with van der Waals surface area (Å²) >= 11 is 0. The first-order chi connectivity index (χ1) is 11.7. The third-order valence-corrected chi connectivity index (χ3v) is 4.73. The topological polar surface area (TPSA) is 52.6 Å². The van der Waals surface area contributed by atoms with Gasteiger partial charge in [0.05, 0.1) is 13.2 Å². The Bertz CT molecular complexity index is 411. The van der Waals surface area contributed by atoms with Crippen molar-refractivity contribution in [2.24, 2.45) is 11.8 Å². The zero-order valence-electron chi connectivity index (χ0n) is 14.6. The van der Waals surface area contributed by atoms with E-state index in [0.29, 0.717) is 50.7 Å². The second-order valence-corrected chi connectivity index (χ2v) is 6.87. The minimum Gasteiger partial charge on any atom is -0.465 e. The number of rotatable bonds is 9. The molecule has 2 aliphatic rings. The monoisotopic (exact) mass is 334 g/mol. The Kier molecular flexibility index (Phi) is 8.64. The van der Waals surface area contributed by atoms with Crippen LogP contribution in [0.1, 0.15) is 64.2 Å². The van der Waals surface area contributed by atoms with E-state index in [0.717, 1.165) is 38.5 Å². The SMILES string of the molecule is O=C(CCCCC(=O)OCC1CC=CCC1)OCC1CC=CCC1. The molecule has 24 heavy (non-hydrogen) atoms. The molecular weight excluding hydrogens is 304 g/mol. The van der Waals surface area contributed by atoms with Crippen molar-refractivity contribution in [3.63, 3.8) is 0 Å². The Hall–Kier alpha value is -1.58. The van der Waals surface area contributed by atoms with Crippen LogP contribution in [0.25, 0.3) is 0 Å². The molecule has 4 heteroatoms. The van der Waals surface area contributed by atoms with Crippen molar-refractivity contribution in [1.82, 2.24) is 0 Å². The maximum Gasteiger partial charge on any atom is 0.305 e. The summed E-state index contributed by atoms with van der Waals surface area (Å²) in [6.45, 7) is 1.06. The van der Waals surface area contributed by atoms with Crippen molar-refractivity contribution in [1.29, 1.82) is 0 Å². The summed E-state index contributed by atoms with van der Waals surface area (Å²) in [6, 6.07) is 0. The smallest absolute Gasteiger partial charge is 0.305 e. The van der Waals surface area contributed by atoms with Gasteiger partial charge in [0.15, 0.2) is 0 Å². The Balaban J connectivity index is 1.44. The molecule has 2 atom stereocenters. The van der Waals surface area contributed by atoms with Crippen molar-refractivity contribution in [3.05, 3.63) is 24.3 Å². The maximum absolute atomic E-state index is 11.7. The van der Waals surface area contributed by atoms with Crippen LogP contribution in [0.15, 0.2) is 24.3 Å². The van der Waals surface area contributed by atoms with Gasteiger partial charge in [-0.3, -0.25) is 9.59 Å². The fourth-order valence-electron chi connectivity index (χ4n) is 3.12. The molecule has 2 unspecified atom stereocenters. The summed E-state index contributed by atoms with van der Waals surface area (Å²) in [6.07, 6.45) is 17.2. The van der Waals surface area contributed by atoms with Crippen molar-refractivity contribution in [3.8, 4) is 0 Å². The number of carbonyl (C=O) groups excluding carboxylic acids is 2. The molecule has 0 aromatic rings. The molecule has 0 N–H and O–H groups in total. The van der Waals surface area contributed by atoms with Crippen LogP contribution in [0.2, 0.25) is 0 Å². The lowest BCUT2D eigenvalue weighted by Crippen LogP contribution is -2.16. The van der Waals surface area contributed by atoms with Crippen molar-refractivity contribution >= 4 is 11.9 Å². The first kappa shape index (κ1) is 18.8. The van der Waals surface area contributed by atoms with Crippen molar-refractivity contribution in [2.45, 2.75) is 64.2 Å². The van der Waals surface area contributed by atoms with Gasteiger partial charge in [-0.1, -0.05) is 24.3 Å². The average molecular weight is 334 g/mol. The predicted octanol–water partition coefficient (Wildman–Crippen LogP) is 4.35. The lowest BCUT2D eigenvalue weighted by atomic mass is 9.95. The molecule has 134 valence electrons. The number of hydrogen-bond donors (Lipinski definition) is 0. The Morgan fingerprint density at radius 1 is 0.750 bits per heavy atom. The van der Waals surface area contributed by atoms with Gasteiger partial charge in [-0.2, -0.15) is 0 Å². The second kappa shape index (κ2) is 11.1. The summed E-state index contributed by atoms with van der Waals surface area (Å²) in [5, 5.41) is 0. The number of carbonyl (C=O) groups is 2. The fourth-order valence-corrected chi connectivity index (χ4v) is 3.12. The zero-order chi connectivity index (χ0) is 17.0. The minimum atomic E-state index is -0.146. The summed E-state index contributed by atoms with van der Waals surface area (Å²) in [7, 11) is 0. The standard InChI is InChI=1S/C20H30O4/c21-19(23-15-17-9-3-1-4-10-17)13-7-8-14-20(22)24-16-18-11-5-2-6-12-18/h1-3,5,17-18H,4,6-16H2. The second-order valence-electron chi connectivity index (χ2n) is 6.87. The van der Waals surface area contributed by atoms with Crippen LogP contribution in [-0.2, 0) is 19.1 Å². The molecule has 0 aliphatic heterocycles. The summed E-state index contributed by atoms with van der Waals surface area (Å²) < 4.78 is 10.6. The molecule has 0 saturated heterocycles. The summed E-state index contributed by atoms with van der Waals surface area (Å²) in [4.78, 5) is 23.4. The molecule has 0 heterocycles. The molecule has 0 bridgehead atoms. The van der Waals surface area contributed by atoms with Crippen LogP contribution < -0.4 is 0 Å². The van der Waals surface area contributed by atoms with Gasteiger partial charge in [0, 0.05) is 12.8 Å². The highest BCUT2D eigenvalue weighted by atomic mass is 16.5. The van der Waals surface area contributed by atoms with Gasteiger partial charge < -0.3 is 9.47 Å². The average Bonchev–Trinajstić information content (AvgIpc) is 2.63. The van der Waals surface area contributed by atoms with E-state index in [9.17, 15) is 9.59 Å². The number of allylic oxidation sites excluding steroid dienone is 4. The highest BCUT2D eigenvalue weighted by Crippen LogP contribution is 2.19. The fraction of sp³-hybridized carbons (Fsp3) is 0.700. The van der Waals surface area contributed by atoms with Crippen LogP contribution in [-0.4, -0.2) is 25.2 Å². The number of unbranched alkanes of at least 4 members (excludes halogenated alkanes) is 1. The molecule has 0 fully saturated rings. The Labute approximate surface area is 145 Å². The van der Waals surface area contributed by atoms with Crippen LogP contribution in [0.5, 0.6) is 0 Å². The van der Waals surface area contributed by atoms with E-state index in [1.807, 2.05) is 0 Å². The van der Waals surface area contributed by atoms with Gasteiger partial charge in [0.1, 0.15) is 0 Å². The first-order valence-corrected chi connectivity index (χ1v) is 9.35. The van der Waals surface area contributed by atoms with Gasteiger partial charge in [-0.05, 0) is 63.2 Å². The molecular formula is C20H30O4. The van der Waals surface area contributed by atoms with E-state index in [4.69, 9.17) is 9.47 Å². The molecule has 0 spiro atoms. The molecule has 0 amide bonds. The molecule has 0 radical (unpaired) electrons. The lowest BCUT2D eigenvalue weighted by Gasteiger charge is -2.17. The third-order valence-electron chi connectivity index (χ3n) is 4.73. The van der Waals surface area contributed by atoms with Crippen molar-refractivity contribution < 1.29 is 19.1 Å². The Morgan fingerprint density at radius 2 is 1.21 bits per heavy atom. The van der Waals surface area contributed by atoms with E-state index < -0.39 is 0 Å². The number of hydrogen-bond acceptors (Lipinski definition) is 4. The molecule has 4 nitrogen and oxygen atoms in total. The van der Waals surface area contributed by atoms with Crippen LogP contribution in [0.4, 0.5) is 0 Å². The molecule has 2 aliphatic carbocycles. The van der Waals surface area contributed by atoms with E-state index >= 15 is 0 Å². The summed E-state index contributed by atoms with van der Waals surface area (Å²) in [5.74, 6) is 0.658. The van der Waals surface area contributed by atoms with Crippen LogP contribution >= 0.6 is 0 Å². The Morgan fingerprint density at radius 3 is 1.58 bits per heavy atom. The molecule has 0 aromatic heterocycles. The molecule has 2 rings (SSSR count). The van der Waals surface area contributed by atoms with Crippen molar-refractivity contribution in [2.75, 3.05) is 13.2 Å². The largest absolute Gasteiger partial charge is 0.465 e. The number of ether oxygens (including phenoxy) is 2. The van der Waals surface area contributed by atoms with E-state index in [-0.39, 0.29) is 11.9 Å². The van der Waals surface area contributed by atoms with Gasteiger partial charge in [-0.25, -0.2) is 0 Å². The highest BCUT2D eigenvalue weighted by molar-refractivity contribution is 5.70. The zero-order valence-corrected chi connectivity index (χ0v) is 14.6. The first-order valence-electron chi connectivity index (χ1n) is 9.35. The van der Waals surface area contributed by atoms with Gasteiger partial charge >= 0.3 is 11.9 Å². The predicted molar refractivity (Wildman–Crippen MR) is 93.3 cm³/mol. The highest BCUT2D eigenvalue weighted by Gasteiger charge is 2.14. The quantitative estimate of drug-likeness (QED) is 0.357. The lowest BCUT2D eigenvalue weighted by molar-refractivity contribution is -0.147. The van der Waals surface area contributed by atoms with E-state index in [1.54, 1.807) is 0 Å². The van der Waals surface area contributed by atoms with E-state index in [1.165, 1.54) is 0 Å². The molecule has 0 aromatic carbocycles. The minimum absolute atomic E-state index is 0.146. The number of esters is 2. The van der Waals surface area contributed by atoms with Gasteiger partial charge in [0.2, 0.25) is 0 Å². The van der Waals surface area contributed by atoms with E-state index in [2.05, 4.69) is 24.3 Å². The molecule has 0 saturated carbocycles. The summed E-state index contributed by atoms with van der Waals surface area (Å²) in [5.41, 5.74) is 0. The normalized spacial score (nSPS) is 23.0. The third kappa shape index (κ3) is 7.80. The van der Waals surface area contributed by atoms with Crippen LogP contribution in [0.3, 0.4) is 0 Å².